The first-order valence-electron chi connectivity index (χ1n) is 8.94. The van der Waals surface area contributed by atoms with E-state index in [1.165, 1.54) is 0 Å². The summed E-state index contributed by atoms with van der Waals surface area (Å²) in [6.45, 7) is 1.97. The fourth-order valence-corrected chi connectivity index (χ4v) is 3.83. The van der Waals surface area contributed by atoms with Gasteiger partial charge in [0.2, 0.25) is 0 Å². The van der Waals surface area contributed by atoms with Crippen molar-refractivity contribution in [2.24, 2.45) is 0 Å². The SMILES string of the molecule is CC(NC(=O)N[C@@H]1c2ccccc2C[C@@H]1O)c1cccc2ccccc12. The number of carbonyl (C=O) groups is 1. The number of aliphatic hydroxyl groups is 1. The van der Waals surface area contributed by atoms with E-state index >= 15 is 0 Å². The highest BCUT2D eigenvalue weighted by Gasteiger charge is 2.32. The van der Waals surface area contributed by atoms with Gasteiger partial charge in [0.05, 0.1) is 18.2 Å². The Kier molecular flexibility index (Phi) is 4.35. The van der Waals surface area contributed by atoms with Gasteiger partial charge >= 0.3 is 6.03 Å². The van der Waals surface area contributed by atoms with Crippen LogP contribution in [0.4, 0.5) is 4.79 Å². The van der Waals surface area contributed by atoms with Gasteiger partial charge in [-0.2, -0.15) is 0 Å². The van der Waals surface area contributed by atoms with Gasteiger partial charge in [0.15, 0.2) is 0 Å². The third-order valence-electron chi connectivity index (χ3n) is 5.13. The van der Waals surface area contributed by atoms with Crippen LogP contribution in [0, 0.1) is 0 Å². The monoisotopic (exact) mass is 346 g/mol. The molecule has 1 aliphatic rings. The molecule has 3 N–H and O–H groups in total. The number of amides is 2. The number of carbonyl (C=O) groups excluding carboxylic acids is 1. The van der Waals surface area contributed by atoms with Gasteiger partial charge in [0.1, 0.15) is 0 Å². The summed E-state index contributed by atoms with van der Waals surface area (Å²) in [4.78, 5) is 12.5. The first kappa shape index (κ1) is 16.6. The van der Waals surface area contributed by atoms with Crippen LogP contribution in [0.1, 0.15) is 35.7 Å². The fourth-order valence-electron chi connectivity index (χ4n) is 3.83. The van der Waals surface area contributed by atoms with Crippen molar-refractivity contribution in [3.63, 3.8) is 0 Å². The summed E-state index contributed by atoms with van der Waals surface area (Å²) in [6, 6.07) is 21.3. The lowest BCUT2D eigenvalue weighted by Gasteiger charge is -2.21. The maximum absolute atomic E-state index is 12.5. The van der Waals surface area contributed by atoms with E-state index in [1.807, 2.05) is 55.5 Å². The van der Waals surface area contributed by atoms with E-state index < -0.39 is 6.10 Å². The number of urea groups is 1. The highest BCUT2D eigenvalue weighted by Crippen LogP contribution is 2.31. The summed E-state index contributed by atoms with van der Waals surface area (Å²) in [7, 11) is 0. The Morgan fingerprint density at radius 3 is 2.65 bits per heavy atom. The molecular weight excluding hydrogens is 324 g/mol. The van der Waals surface area contributed by atoms with Gasteiger partial charge in [-0.15, -0.1) is 0 Å². The number of aliphatic hydroxyl groups excluding tert-OH is 1. The third kappa shape index (κ3) is 3.04. The zero-order valence-corrected chi connectivity index (χ0v) is 14.6. The van der Waals surface area contributed by atoms with Crippen LogP contribution in [-0.2, 0) is 6.42 Å². The van der Waals surface area contributed by atoms with Gasteiger partial charge < -0.3 is 15.7 Å². The molecule has 0 radical (unpaired) electrons. The first-order chi connectivity index (χ1) is 12.6. The highest BCUT2D eigenvalue weighted by molar-refractivity contribution is 5.86. The minimum absolute atomic E-state index is 0.144. The van der Waals surface area contributed by atoms with E-state index in [0.29, 0.717) is 6.42 Å². The summed E-state index contributed by atoms with van der Waals surface area (Å²) in [5.41, 5.74) is 3.16. The van der Waals surface area contributed by atoms with Gasteiger partial charge in [0.25, 0.3) is 0 Å². The summed E-state index contributed by atoms with van der Waals surface area (Å²) >= 11 is 0. The lowest BCUT2D eigenvalue weighted by atomic mass is 10.00. The summed E-state index contributed by atoms with van der Waals surface area (Å²) < 4.78 is 0. The maximum atomic E-state index is 12.5. The van der Waals surface area contributed by atoms with Gasteiger partial charge in [-0.3, -0.25) is 0 Å². The Morgan fingerprint density at radius 2 is 1.77 bits per heavy atom. The van der Waals surface area contributed by atoms with Crippen molar-refractivity contribution in [3.8, 4) is 0 Å². The van der Waals surface area contributed by atoms with Crippen molar-refractivity contribution >= 4 is 16.8 Å². The molecule has 0 saturated carbocycles. The Hall–Kier alpha value is -2.85. The largest absolute Gasteiger partial charge is 0.390 e. The summed E-state index contributed by atoms with van der Waals surface area (Å²) in [5.74, 6) is 0. The number of nitrogens with one attached hydrogen (secondary N) is 2. The molecular formula is C22H22N2O2. The van der Waals surface area contributed by atoms with Gasteiger partial charge in [-0.25, -0.2) is 4.79 Å². The molecule has 0 saturated heterocycles. The first-order valence-corrected chi connectivity index (χ1v) is 8.94. The molecule has 4 rings (SSSR count). The molecule has 1 unspecified atom stereocenters. The van der Waals surface area contributed by atoms with E-state index in [-0.39, 0.29) is 18.1 Å². The molecule has 0 heterocycles. The van der Waals surface area contributed by atoms with Gasteiger partial charge in [0, 0.05) is 6.42 Å². The van der Waals surface area contributed by atoms with Crippen molar-refractivity contribution in [1.29, 1.82) is 0 Å². The quantitative estimate of drug-likeness (QED) is 0.674. The average Bonchev–Trinajstić information content (AvgIpc) is 2.96. The molecule has 4 nitrogen and oxygen atoms in total. The number of fused-ring (bicyclic) bond motifs is 2. The molecule has 3 atom stereocenters. The Bertz CT molecular complexity index is 948. The molecule has 2 amide bonds. The smallest absolute Gasteiger partial charge is 0.315 e. The lowest BCUT2D eigenvalue weighted by Crippen LogP contribution is -2.41. The number of rotatable bonds is 3. The zero-order chi connectivity index (χ0) is 18.1. The topological polar surface area (TPSA) is 61.4 Å². The van der Waals surface area contributed by atoms with Gasteiger partial charge in [-0.05, 0) is 34.4 Å². The number of hydrogen-bond donors (Lipinski definition) is 3. The normalized spacial score (nSPS) is 19.8. The summed E-state index contributed by atoms with van der Waals surface area (Å²) in [5, 5.41) is 18.5. The van der Waals surface area contributed by atoms with Crippen molar-refractivity contribution in [2.75, 3.05) is 0 Å². The molecule has 3 aromatic carbocycles. The summed E-state index contributed by atoms with van der Waals surface area (Å²) in [6.07, 6.45) is -0.0222. The second kappa shape index (κ2) is 6.81. The number of benzene rings is 3. The van der Waals surface area contributed by atoms with Crippen LogP contribution >= 0.6 is 0 Å². The second-order valence-electron chi connectivity index (χ2n) is 6.86. The Morgan fingerprint density at radius 1 is 1.04 bits per heavy atom. The molecule has 132 valence electrons. The molecule has 0 aromatic heterocycles. The van der Waals surface area contributed by atoms with Crippen LogP contribution in [0.15, 0.2) is 66.7 Å². The zero-order valence-electron chi connectivity index (χ0n) is 14.6. The van der Waals surface area contributed by atoms with E-state index in [0.717, 1.165) is 27.5 Å². The van der Waals surface area contributed by atoms with Crippen LogP contribution in [0.2, 0.25) is 0 Å². The second-order valence-corrected chi connectivity index (χ2v) is 6.86. The highest BCUT2D eigenvalue weighted by atomic mass is 16.3. The van der Waals surface area contributed by atoms with Crippen molar-refractivity contribution < 1.29 is 9.90 Å². The molecule has 0 aliphatic heterocycles. The van der Waals surface area contributed by atoms with Crippen molar-refractivity contribution in [2.45, 2.75) is 31.5 Å². The average molecular weight is 346 g/mol. The minimum atomic E-state index is -0.592. The van der Waals surface area contributed by atoms with Crippen LogP contribution in [0.3, 0.4) is 0 Å². The van der Waals surface area contributed by atoms with Crippen LogP contribution in [-0.4, -0.2) is 17.2 Å². The Labute approximate surface area is 152 Å². The van der Waals surface area contributed by atoms with E-state index in [2.05, 4.69) is 28.8 Å². The molecule has 0 fully saturated rings. The van der Waals surface area contributed by atoms with Crippen LogP contribution in [0.5, 0.6) is 0 Å². The molecule has 4 heteroatoms. The van der Waals surface area contributed by atoms with Crippen molar-refractivity contribution in [3.05, 3.63) is 83.4 Å². The molecule has 26 heavy (non-hydrogen) atoms. The van der Waals surface area contributed by atoms with E-state index in [1.54, 1.807) is 0 Å². The predicted octanol–water partition coefficient (Wildman–Crippen LogP) is 3.86. The molecule has 0 bridgehead atoms. The van der Waals surface area contributed by atoms with Crippen molar-refractivity contribution in [1.82, 2.24) is 10.6 Å². The van der Waals surface area contributed by atoms with Gasteiger partial charge in [-0.1, -0.05) is 66.7 Å². The van der Waals surface area contributed by atoms with E-state index in [9.17, 15) is 9.90 Å². The number of hydrogen-bond acceptors (Lipinski definition) is 2. The maximum Gasteiger partial charge on any atom is 0.315 e. The standard InChI is InChI=1S/C22H22N2O2/c1-14(17-12-6-9-15-7-2-4-10-18(15)17)23-22(26)24-21-19-11-5-3-8-16(19)13-20(21)25/h2-12,14,20-21,25H,13H2,1H3,(H2,23,24,26)/t14?,20-,21+/m0/s1. The molecule has 3 aromatic rings. The Balaban J connectivity index is 1.50. The minimum Gasteiger partial charge on any atom is -0.390 e. The lowest BCUT2D eigenvalue weighted by molar-refractivity contribution is 0.142. The molecule has 0 spiro atoms. The fraction of sp³-hybridized carbons (Fsp3) is 0.227. The van der Waals surface area contributed by atoms with Crippen LogP contribution in [0.25, 0.3) is 10.8 Å². The predicted molar refractivity (Wildman–Crippen MR) is 103 cm³/mol. The van der Waals surface area contributed by atoms with Crippen LogP contribution < -0.4 is 10.6 Å². The van der Waals surface area contributed by atoms with E-state index in [4.69, 9.17) is 0 Å². The molecule has 1 aliphatic carbocycles. The third-order valence-corrected chi connectivity index (χ3v) is 5.13.